The Morgan fingerprint density at radius 1 is 1.61 bits per heavy atom. The molecule has 3 nitrogen and oxygen atoms in total. The molecule has 100 valence electrons. The first-order valence-corrected chi connectivity index (χ1v) is 7.73. The van der Waals surface area contributed by atoms with E-state index in [2.05, 4.69) is 23.8 Å². The van der Waals surface area contributed by atoms with Crippen LogP contribution in [0.3, 0.4) is 0 Å². The van der Waals surface area contributed by atoms with Gasteiger partial charge in [-0.3, -0.25) is 4.79 Å². The summed E-state index contributed by atoms with van der Waals surface area (Å²) in [6, 6.07) is 2.21. The van der Waals surface area contributed by atoms with Crippen molar-refractivity contribution < 1.29 is 4.79 Å². The fraction of sp³-hybridized carbons (Fsp3) is 0.643. The molecule has 1 saturated carbocycles. The van der Waals surface area contributed by atoms with Crippen LogP contribution in [0.15, 0.2) is 16.8 Å². The van der Waals surface area contributed by atoms with Crippen molar-refractivity contribution in [3.63, 3.8) is 0 Å². The Morgan fingerprint density at radius 3 is 2.94 bits per heavy atom. The summed E-state index contributed by atoms with van der Waals surface area (Å²) in [6.07, 6.45) is 5.20. The summed E-state index contributed by atoms with van der Waals surface area (Å²) in [4.78, 5) is 14.3. The summed E-state index contributed by atoms with van der Waals surface area (Å²) in [7, 11) is 0. The predicted molar refractivity (Wildman–Crippen MR) is 75.4 cm³/mol. The topological polar surface area (TPSA) is 46.3 Å². The van der Waals surface area contributed by atoms with Crippen molar-refractivity contribution in [1.82, 2.24) is 4.90 Å². The van der Waals surface area contributed by atoms with Crippen LogP contribution >= 0.6 is 11.3 Å². The minimum absolute atomic E-state index is 0.136. The van der Waals surface area contributed by atoms with Gasteiger partial charge in [-0.2, -0.15) is 11.3 Å². The molecule has 2 N–H and O–H groups in total. The van der Waals surface area contributed by atoms with E-state index >= 15 is 0 Å². The van der Waals surface area contributed by atoms with Crippen molar-refractivity contribution in [3.05, 3.63) is 22.4 Å². The Labute approximate surface area is 113 Å². The van der Waals surface area contributed by atoms with Crippen LogP contribution < -0.4 is 5.73 Å². The van der Waals surface area contributed by atoms with E-state index in [0.717, 1.165) is 38.6 Å². The molecule has 18 heavy (non-hydrogen) atoms. The summed E-state index contributed by atoms with van der Waals surface area (Å²) in [5.74, 6) is 0.136. The van der Waals surface area contributed by atoms with Gasteiger partial charge in [-0.05, 0) is 41.7 Å². The molecule has 0 saturated heterocycles. The third-order valence-electron chi connectivity index (χ3n) is 3.39. The number of nitrogens with zero attached hydrogens (tertiary/aromatic N) is 1. The van der Waals surface area contributed by atoms with Crippen molar-refractivity contribution in [3.8, 4) is 0 Å². The van der Waals surface area contributed by atoms with Crippen LogP contribution in [0, 0.1) is 0 Å². The third-order valence-corrected chi connectivity index (χ3v) is 4.12. The molecule has 1 atom stereocenters. The van der Waals surface area contributed by atoms with Gasteiger partial charge in [-0.15, -0.1) is 0 Å². The number of thiophene rings is 1. The van der Waals surface area contributed by atoms with Gasteiger partial charge in [-0.25, -0.2) is 0 Å². The molecular weight excluding hydrogens is 244 g/mol. The summed E-state index contributed by atoms with van der Waals surface area (Å²) in [6.45, 7) is 2.86. The van der Waals surface area contributed by atoms with Crippen LogP contribution in [0.2, 0.25) is 0 Å². The highest BCUT2D eigenvalue weighted by Gasteiger charge is 2.34. The van der Waals surface area contributed by atoms with Gasteiger partial charge in [0, 0.05) is 12.6 Å². The smallest absolute Gasteiger partial charge is 0.240 e. The summed E-state index contributed by atoms with van der Waals surface area (Å²) >= 11 is 1.68. The largest absolute Gasteiger partial charge is 0.334 e. The van der Waals surface area contributed by atoms with Crippen molar-refractivity contribution in [2.24, 2.45) is 5.73 Å². The van der Waals surface area contributed by atoms with E-state index in [9.17, 15) is 4.79 Å². The highest BCUT2D eigenvalue weighted by Crippen LogP contribution is 2.29. The number of carbonyl (C=O) groups is 1. The molecule has 1 aromatic rings. The molecule has 0 radical (unpaired) electrons. The lowest BCUT2D eigenvalue weighted by Crippen LogP contribution is -2.44. The van der Waals surface area contributed by atoms with Crippen LogP contribution in [0.4, 0.5) is 0 Å². The highest BCUT2D eigenvalue weighted by atomic mass is 32.1. The van der Waals surface area contributed by atoms with Gasteiger partial charge in [0.1, 0.15) is 0 Å². The molecule has 0 aromatic carbocycles. The van der Waals surface area contributed by atoms with Gasteiger partial charge in [0.15, 0.2) is 0 Å². The monoisotopic (exact) mass is 266 g/mol. The maximum Gasteiger partial charge on any atom is 0.240 e. The number of carbonyl (C=O) groups excluding carboxylic acids is 1. The molecule has 4 heteroatoms. The molecule has 1 aliphatic carbocycles. The number of unbranched alkanes of at least 4 members (excludes halogenated alkanes) is 1. The van der Waals surface area contributed by atoms with Gasteiger partial charge in [-0.1, -0.05) is 19.8 Å². The van der Waals surface area contributed by atoms with Crippen LogP contribution in [0.5, 0.6) is 0 Å². The second-order valence-corrected chi connectivity index (χ2v) is 5.86. The minimum Gasteiger partial charge on any atom is -0.334 e. The normalized spacial score (nSPS) is 16.6. The molecule has 0 bridgehead atoms. The van der Waals surface area contributed by atoms with Gasteiger partial charge in [0.05, 0.1) is 6.04 Å². The lowest BCUT2D eigenvalue weighted by molar-refractivity contribution is -0.134. The number of nitrogens with two attached hydrogens (primary N) is 1. The highest BCUT2D eigenvalue weighted by molar-refractivity contribution is 7.07. The lowest BCUT2D eigenvalue weighted by atomic mass is 10.1. The lowest BCUT2D eigenvalue weighted by Gasteiger charge is -2.25. The zero-order chi connectivity index (χ0) is 13.0. The second-order valence-electron chi connectivity index (χ2n) is 5.08. The van der Waals surface area contributed by atoms with Crippen molar-refractivity contribution >= 4 is 17.2 Å². The number of rotatable bonds is 7. The van der Waals surface area contributed by atoms with Gasteiger partial charge in [0.2, 0.25) is 5.91 Å². The number of hydrogen-bond donors (Lipinski definition) is 1. The van der Waals surface area contributed by atoms with E-state index in [-0.39, 0.29) is 11.9 Å². The molecule has 1 amide bonds. The van der Waals surface area contributed by atoms with E-state index in [4.69, 9.17) is 5.73 Å². The Balaban J connectivity index is 1.94. The quantitative estimate of drug-likeness (QED) is 0.825. The van der Waals surface area contributed by atoms with Crippen LogP contribution in [-0.2, 0) is 11.3 Å². The average molecular weight is 266 g/mol. The summed E-state index contributed by atoms with van der Waals surface area (Å²) in [5, 5.41) is 4.17. The summed E-state index contributed by atoms with van der Waals surface area (Å²) < 4.78 is 0. The Kier molecular flexibility index (Phi) is 4.78. The molecule has 0 spiro atoms. The molecule has 1 fully saturated rings. The van der Waals surface area contributed by atoms with E-state index in [1.807, 2.05) is 4.90 Å². The fourth-order valence-corrected chi connectivity index (χ4v) is 2.77. The molecule has 1 heterocycles. The first kappa shape index (κ1) is 13.6. The molecule has 0 aliphatic heterocycles. The fourth-order valence-electron chi connectivity index (χ4n) is 2.11. The Hall–Kier alpha value is -0.870. The number of hydrogen-bond acceptors (Lipinski definition) is 3. The molecular formula is C14H22N2OS. The van der Waals surface area contributed by atoms with E-state index in [1.54, 1.807) is 11.3 Å². The van der Waals surface area contributed by atoms with Crippen molar-refractivity contribution in [2.75, 3.05) is 0 Å². The zero-order valence-corrected chi connectivity index (χ0v) is 11.8. The Bertz CT molecular complexity index is 373. The first-order valence-electron chi connectivity index (χ1n) is 6.79. The van der Waals surface area contributed by atoms with Crippen LogP contribution in [0.25, 0.3) is 0 Å². The van der Waals surface area contributed by atoms with E-state index in [1.165, 1.54) is 5.56 Å². The van der Waals surface area contributed by atoms with Crippen LogP contribution in [-0.4, -0.2) is 22.9 Å². The molecule has 0 unspecified atom stereocenters. The van der Waals surface area contributed by atoms with Crippen molar-refractivity contribution in [2.45, 2.75) is 57.7 Å². The van der Waals surface area contributed by atoms with E-state index < -0.39 is 0 Å². The van der Waals surface area contributed by atoms with E-state index in [0.29, 0.717) is 6.04 Å². The van der Waals surface area contributed by atoms with Gasteiger partial charge in [0.25, 0.3) is 0 Å². The number of amides is 1. The average Bonchev–Trinajstić information content (AvgIpc) is 3.09. The maximum absolute atomic E-state index is 12.4. The van der Waals surface area contributed by atoms with Gasteiger partial charge >= 0.3 is 0 Å². The van der Waals surface area contributed by atoms with Gasteiger partial charge < -0.3 is 10.6 Å². The minimum atomic E-state index is -0.316. The van der Waals surface area contributed by atoms with Crippen molar-refractivity contribution in [1.29, 1.82) is 0 Å². The second kappa shape index (κ2) is 6.34. The summed E-state index contributed by atoms with van der Waals surface area (Å²) in [5.41, 5.74) is 7.24. The third kappa shape index (κ3) is 3.56. The van der Waals surface area contributed by atoms with Crippen LogP contribution in [0.1, 0.15) is 44.6 Å². The SMILES string of the molecule is CCCC[C@H](N)C(=O)N(Cc1ccsc1)C1CC1. The zero-order valence-electron chi connectivity index (χ0n) is 11.0. The molecule has 1 aromatic heterocycles. The Morgan fingerprint density at radius 2 is 2.39 bits per heavy atom. The maximum atomic E-state index is 12.4. The molecule has 1 aliphatic rings. The predicted octanol–water partition coefficient (Wildman–Crippen LogP) is 2.76. The first-order chi connectivity index (χ1) is 8.72. The standard InChI is InChI=1S/C14H22N2OS/c1-2-3-4-13(15)14(17)16(12-5-6-12)9-11-7-8-18-10-11/h7-8,10,12-13H,2-6,9,15H2,1H3/t13-/m0/s1. The molecule has 2 rings (SSSR count).